The van der Waals surface area contributed by atoms with Crippen molar-refractivity contribution < 1.29 is 9.53 Å². The zero-order valence-corrected chi connectivity index (χ0v) is 9.48. The summed E-state index contributed by atoms with van der Waals surface area (Å²) in [5, 5.41) is 4.26. The summed E-state index contributed by atoms with van der Waals surface area (Å²) in [7, 11) is 1.62. The number of rotatable bonds is 3. The van der Waals surface area contributed by atoms with E-state index in [-0.39, 0.29) is 11.7 Å². The van der Waals surface area contributed by atoms with Crippen molar-refractivity contribution in [2.24, 2.45) is 5.92 Å². The standard InChI is InChI=1S/C13H16NO2/c1-16-12-4-2-10(3-5-12)13(15)11-6-8-14-9-7-11/h2-5,11H,6-9H2,1H3. The average Bonchev–Trinajstić information content (AvgIpc) is 2.39. The molecule has 2 rings (SSSR count). The van der Waals surface area contributed by atoms with Crippen LogP contribution in [0.4, 0.5) is 0 Å². The van der Waals surface area contributed by atoms with Gasteiger partial charge in [-0.25, -0.2) is 5.32 Å². The van der Waals surface area contributed by atoms with Crippen molar-refractivity contribution in [3.63, 3.8) is 0 Å². The lowest BCUT2D eigenvalue weighted by Crippen LogP contribution is -2.27. The van der Waals surface area contributed by atoms with E-state index in [1.807, 2.05) is 24.3 Å². The Labute approximate surface area is 95.8 Å². The number of hydrogen-bond acceptors (Lipinski definition) is 2. The lowest BCUT2D eigenvalue weighted by atomic mass is 9.90. The molecule has 0 N–H and O–H groups in total. The number of Topliss-reactive ketones (excluding diaryl/α,β-unsaturated/α-hetero) is 1. The third-order valence-corrected chi connectivity index (χ3v) is 3.02. The highest BCUT2D eigenvalue weighted by atomic mass is 16.5. The van der Waals surface area contributed by atoms with Gasteiger partial charge in [0, 0.05) is 24.6 Å². The molecule has 0 spiro atoms. The average molecular weight is 218 g/mol. The lowest BCUT2D eigenvalue weighted by Gasteiger charge is -2.20. The second kappa shape index (κ2) is 5.12. The summed E-state index contributed by atoms with van der Waals surface area (Å²) in [6.45, 7) is 1.65. The summed E-state index contributed by atoms with van der Waals surface area (Å²) in [5.74, 6) is 1.19. The fourth-order valence-corrected chi connectivity index (χ4v) is 2.00. The molecule has 3 heteroatoms. The van der Waals surface area contributed by atoms with Crippen molar-refractivity contribution in [2.45, 2.75) is 12.8 Å². The zero-order chi connectivity index (χ0) is 11.4. The molecule has 1 aliphatic rings. The molecule has 1 aliphatic heterocycles. The van der Waals surface area contributed by atoms with E-state index in [0.717, 1.165) is 37.2 Å². The summed E-state index contributed by atoms with van der Waals surface area (Å²) in [4.78, 5) is 12.1. The summed E-state index contributed by atoms with van der Waals surface area (Å²) in [6.07, 6.45) is 1.79. The first kappa shape index (κ1) is 11.1. The van der Waals surface area contributed by atoms with E-state index < -0.39 is 0 Å². The molecule has 0 amide bonds. The van der Waals surface area contributed by atoms with Crippen LogP contribution in [0.3, 0.4) is 0 Å². The number of benzene rings is 1. The van der Waals surface area contributed by atoms with Gasteiger partial charge in [-0.15, -0.1) is 0 Å². The van der Waals surface area contributed by atoms with Gasteiger partial charge in [0.2, 0.25) is 0 Å². The van der Waals surface area contributed by atoms with Crippen molar-refractivity contribution in [1.29, 1.82) is 0 Å². The van der Waals surface area contributed by atoms with Crippen LogP contribution in [0.1, 0.15) is 23.2 Å². The molecule has 1 heterocycles. The molecule has 1 fully saturated rings. The SMILES string of the molecule is COc1ccc(C(=O)C2CC[N]CC2)cc1. The maximum Gasteiger partial charge on any atom is 0.166 e. The molecular weight excluding hydrogens is 202 g/mol. The molecule has 16 heavy (non-hydrogen) atoms. The van der Waals surface area contributed by atoms with Gasteiger partial charge in [-0.05, 0) is 37.1 Å². The largest absolute Gasteiger partial charge is 0.497 e. The third-order valence-electron chi connectivity index (χ3n) is 3.02. The van der Waals surface area contributed by atoms with Crippen molar-refractivity contribution in [2.75, 3.05) is 20.2 Å². The number of carbonyl (C=O) groups is 1. The Morgan fingerprint density at radius 2 is 1.88 bits per heavy atom. The van der Waals surface area contributed by atoms with Gasteiger partial charge < -0.3 is 4.74 Å². The maximum atomic E-state index is 12.1. The summed E-state index contributed by atoms with van der Waals surface area (Å²) >= 11 is 0. The van der Waals surface area contributed by atoms with Gasteiger partial charge in [-0.1, -0.05) is 0 Å². The Balaban J connectivity index is 2.07. The quantitative estimate of drug-likeness (QED) is 0.727. The Morgan fingerprint density at radius 3 is 2.44 bits per heavy atom. The lowest BCUT2D eigenvalue weighted by molar-refractivity contribution is 0.0894. The molecule has 3 nitrogen and oxygen atoms in total. The number of nitrogens with zero attached hydrogens (tertiary/aromatic N) is 1. The van der Waals surface area contributed by atoms with Crippen LogP contribution in [-0.4, -0.2) is 26.0 Å². The molecule has 0 aromatic heterocycles. The zero-order valence-electron chi connectivity index (χ0n) is 9.48. The van der Waals surface area contributed by atoms with Crippen LogP contribution >= 0.6 is 0 Å². The Bertz CT molecular complexity index is 353. The number of ketones is 1. The van der Waals surface area contributed by atoms with Crippen molar-refractivity contribution >= 4 is 5.78 Å². The monoisotopic (exact) mass is 218 g/mol. The van der Waals surface area contributed by atoms with Gasteiger partial charge in [-0.2, -0.15) is 0 Å². The van der Waals surface area contributed by atoms with Crippen molar-refractivity contribution in [1.82, 2.24) is 5.32 Å². The first-order valence-electron chi connectivity index (χ1n) is 5.63. The van der Waals surface area contributed by atoms with Gasteiger partial charge in [0.15, 0.2) is 5.78 Å². The summed E-state index contributed by atoms with van der Waals surface area (Å²) in [5.41, 5.74) is 0.785. The predicted molar refractivity (Wildman–Crippen MR) is 61.9 cm³/mol. The molecular formula is C13H16NO2. The van der Waals surface area contributed by atoms with E-state index in [2.05, 4.69) is 5.32 Å². The van der Waals surface area contributed by atoms with Gasteiger partial charge in [0.25, 0.3) is 0 Å². The smallest absolute Gasteiger partial charge is 0.166 e. The second-order valence-corrected chi connectivity index (χ2v) is 4.04. The first-order valence-corrected chi connectivity index (χ1v) is 5.63. The normalized spacial score (nSPS) is 17.1. The number of ether oxygens (including phenoxy) is 1. The Kier molecular flexibility index (Phi) is 3.57. The highest BCUT2D eigenvalue weighted by Gasteiger charge is 2.22. The minimum atomic E-state index is 0.158. The van der Waals surface area contributed by atoms with E-state index in [4.69, 9.17) is 4.74 Å². The van der Waals surface area contributed by atoms with Crippen LogP contribution in [0.2, 0.25) is 0 Å². The minimum Gasteiger partial charge on any atom is -0.497 e. The summed E-state index contributed by atoms with van der Waals surface area (Å²) in [6, 6.07) is 7.35. The van der Waals surface area contributed by atoms with Crippen LogP contribution in [0.15, 0.2) is 24.3 Å². The number of hydrogen-bond donors (Lipinski definition) is 0. The number of carbonyl (C=O) groups excluding carboxylic acids is 1. The molecule has 85 valence electrons. The molecule has 0 aliphatic carbocycles. The molecule has 0 unspecified atom stereocenters. The number of piperidine rings is 1. The molecule has 0 bridgehead atoms. The fraction of sp³-hybridized carbons (Fsp3) is 0.462. The van der Waals surface area contributed by atoms with Crippen LogP contribution in [-0.2, 0) is 0 Å². The van der Waals surface area contributed by atoms with E-state index in [0.29, 0.717) is 0 Å². The van der Waals surface area contributed by atoms with Crippen molar-refractivity contribution in [3.05, 3.63) is 29.8 Å². The van der Waals surface area contributed by atoms with Gasteiger partial charge in [0.05, 0.1) is 7.11 Å². The molecule has 1 aromatic carbocycles. The second-order valence-electron chi connectivity index (χ2n) is 4.04. The highest BCUT2D eigenvalue weighted by molar-refractivity contribution is 5.98. The van der Waals surface area contributed by atoms with Gasteiger partial charge in [0.1, 0.15) is 5.75 Å². The van der Waals surface area contributed by atoms with Gasteiger partial charge >= 0.3 is 0 Å². The topological polar surface area (TPSA) is 40.4 Å². The molecule has 1 radical (unpaired) electrons. The molecule has 0 saturated carbocycles. The van der Waals surface area contributed by atoms with E-state index in [1.165, 1.54) is 0 Å². The Morgan fingerprint density at radius 1 is 1.25 bits per heavy atom. The van der Waals surface area contributed by atoms with Crippen LogP contribution in [0.25, 0.3) is 0 Å². The minimum absolute atomic E-state index is 0.158. The molecule has 0 atom stereocenters. The maximum absolute atomic E-state index is 12.1. The predicted octanol–water partition coefficient (Wildman–Crippen LogP) is 1.89. The summed E-state index contributed by atoms with van der Waals surface area (Å²) < 4.78 is 5.07. The highest BCUT2D eigenvalue weighted by Crippen LogP contribution is 2.20. The van der Waals surface area contributed by atoms with Crippen molar-refractivity contribution in [3.8, 4) is 5.75 Å². The number of methoxy groups -OCH3 is 1. The molecule has 1 saturated heterocycles. The molecule has 1 aromatic rings. The third kappa shape index (κ3) is 2.42. The van der Waals surface area contributed by atoms with Crippen LogP contribution in [0, 0.1) is 5.92 Å². The van der Waals surface area contributed by atoms with Crippen LogP contribution < -0.4 is 10.1 Å². The first-order chi connectivity index (χ1) is 7.81. The van der Waals surface area contributed by atoms with E-state index in [1.54, 1.807) is 7.11 Å². The van der Waals surface area contributed by atoms with E-state index in [9.17, 15) is 4.79 Å². The van der Waals surface area contributed by atoms with Gasteiger partial charge in [-0.3, -0.25) is 4.79 Å². The van der Waals surface area contributed by atoms with Crippen LogP contribution in [0.5, 0.6) is 5.75 Å². The Hall–Kier alpha value is -1.35. The van der Waals surface area contributed by atoms with E-state index >= 15 is 0 Å². The fourth-order valence-electron chi connectivity index (χ4n) is 2.00.